The Morgan fingerprint density at radius 1 is 0.918 bits per heavy atom. The molecule has 0 bridgehead atoms. The smallest absolute Gasteiger partial charge is 0.419 e. The average molecular weight is 711 g/mol. The molecule has 0 unspecified atom stereocenters. The number of ether oxygens (including phenoxy) is 3. The molecule has 2 amide bonds. The van der Waals surface area contributed by atoms with Crippen LogP contribution in [0.3, 0.4) is 0 Å². The number of fused-ring (bicyclic) bond motifs is 1. The standard InChI is InChI=1S/C34H29F7N2O5S/c1-46-26-7-2-19(18-8-10-32(11-9-18)47-12-13-48-32)14-23(26)31(45)43-30-22-5-3-20(33(36,37)38)15-27(22)49-28(30)17-29(44)42-21-4-6-25(35)24(16-21)34(39,40)41/h2-7,14-16,18H,8-13,17H2,1H3,(H,42,44)(H,43,45). The van der Waals surface area contributed by atoms with Crippen molar-refractivity contribution in [1.82, 2.24) is 0 Å². The van der Waals surface area contributed by atoms with Gasteiger partial charge in [-0.15, -0.1) is 11.3 Å². The predicted molar refractivity (Wildman–Crippen MR) is 167 cm³/mol. The normalized spacial score (nSPS) is 16.7. The highest BCUT2D eigenvalue weighted by Crippen LogP contribution is 2.44. The van der Waals surface area contributed by atoms with Gasteiger partial charge >= 0.3 is 12.4 Å². The van der Waals surface area contributed by atoms with Crippen LogP contribution in [0.1, 0.15) is 63.5 Å². The molecule has 260 valence electrons. The SMILES string of the molecule is COc1ccc(C2CCC3(CC2)OCCO3)cc1C(=O)Nc1c(CC(=O)Nc2ccc(F)c(C(F)(F)F)c2)sc2cc(C(F)(F)F)ccc12. The van der Waals surface area contributed by atoms with E-state index in [1.165, 1.54) is 13.2 Å². The maximum atomic E-state index is 13.8. The van der Waals surface area contributed by atoms with E-state index in [9.17, 15) is 40.3 Å². The van der Waals surface area contributed by atoms with Crippen LogP contribution in [0.4, 0.5) is 42.1 Å². The minimum atomic E-state index is -5.01. The van der Waals surface area contributed by atoms with Crippen LogP contribution in [0.2, 0.25) is 0 Å². The molecule has 0 atom stereocenters. The van der Waals surface area contributed by atoms with E-state index in [2.05, 4.69) is 10.6 Å². The Labute approximate surface area is 279 Å². The van der Waals surface area contributed by atoms with Crippen LogP contribution in [-0.2, 0) is 33.0 Å². The summed E-state index contributed by atoms with van der Waals surface area (Å²) in [5.74, 6) is -3.25. The Hall–Kier alpha value is -4.21. The topological polar surface area (TPSA) is 85.9 Å². The maximum absolute atomic E-state index is 13.8. The first-order chi connectivity index (χ1) is 23.2. The van der Waals surface area contributed by atoms with E-state index in [4.69, 9.17) is 14.2 Å². The molecule has 2 heterocycles. The molecular weight excluding hydrogens is 681 g/mol. The van der Waals surface area contributed by atoms with Crippen molar-refractivity contribution in [3.8, 4) is 5.75 Å². The minimum Gasteiger partial charge on any atom is -0.496 e. The van der Waals surface area contributed by atoms with Crippen LogP contribution < -0.4 is 15.4 Å². The zero-order chi connectivity index (χ0) is 35.1. The lowest BCUT2D eigenvalue weighted by atomic mass is 9.80. The lowest BCUT2D eigenvalue weighted by molar-refractivity contribution is -0.178. The number of hydrogen-bond donors (Lipinski definition) is 2. The van der Waals surface area contributed by atoms with Crippen LogP contribution in [0.15, 0.2) is 54.6 Å². The van der Waals surface area contributed by atoms with Gasteiger partial charge in [0.1, 0.15) is 11.6 Å². The number of methoxy groups -OCH3 is 1. The number of anilines is 2. The number of carbonyl (C=O) groups is 2. The van der Waals surface area contributed by atoms with Gasteiger partial charge in [0.2, 0.25) is 5.91 Å². The van der Waals surface area contributed by atoms with Crippen molar-refractivity contribution in [3.05, 3.63) is 87.5 Å². The van der Waals surface area contributed by atoms with Crippen molar-refractivity contribution < 1.29 is 54.5 Å². The highest BCUT2D eigenvalue weighted by molar-refractivity contribution is 7.20. The van der Waals surface area contributed by atoms with Gasteiger partial charge in [-0.2, -0.15) is 26.3 Å². The maximum Gasteiger partial charge on any atom is 0.419 e. The number of alkyl halides is 6. The number of halogens is 7. The fourth-order valence-electron chi connectivity index (χ4n) is 6.27. The van der Waals surface area contributed by atoms with Gasteiger partial charge in [0.05, 0.1) is 49.1 Å². The van der Waals surface area contributed by atoms with Gasteiger partial charge in [-0.25, -0.2) is 4.39 Å². The third kappa shape index (κ3) is 7.38. The van der Waals surface area contributed by atoms with Gasteiger partial charge in [-0.3, -0.25) is 9.59 Å². The number of thiophene rings is 1. The minimum absolute atomic E-state index is 0.0616. The van der Waals surface area contributed by atoms with Crippen LogP contribution in [0, 0.1) is 5.82 Å². The summed E-state index contributed by atoms with van der Waals surface area (Å²) in [7, 11) is 1.39. The third-order valence-corrected chi connectivity index (χ3v) is 9.86. The second-order valence-corrected chi connectivity index (χ2v) is 13.0. The lowest BCUT2D eigenvalue weighted by Crippen LogP contribution is -2.34. The summed E-state index contributed by atoms with van der Waals surface area (Å²) in [6.45, 7) is 1.09. The Kier molecular flexibility index (Phi) is 9.37. The number of carbonyl (C=O) groups excluding carboxylic acids is 2. The van der Waals surface area contributed by atoms with Gasteiger partial charge in [-0.1, -0.05) is 12.1 Å². The van der Waals surface area contributed by atoms with Crippen molar-refractivity contribution >= 4 is 44.6 Å². The van der Waals surface area contributed by atoms with E-state index in [1.807, 2.05) is 6.07 Å². The second-order valence-electron chi connectivity index (χ2n) is 11.8. The van der Waals surface area contributed by atoms with Crippen molar-refractivity contribution in [2.24, 2.45) is 0 Å². The zero-order valence-electron chi connectivity index (χ0n) is 25.8. The van der Waals surface area contributed by atoms with E-state index >= 15 is 0 Å². The van der Waals surface area contributed by atoms with Crippen molar-refractivity contribution in [3.63, 3.8) is 0 Å². The van der Waals surface area contributed by atoms with E-state index in [0.29, 0.717) is 38.2 Å². The molecule has 3 aromatic carbocycles. The second kappa shape index (κ2) is 13.2. The highest BCUT2D eigenvalue weighted by Gasteiger charge is 2.41. The summed E-state index contributed by atoms with van der Waals surface area (Å²) in [4.78, 5) is 27.0. The molecule has 1 aliphatic heterocycles. The molecule has 15 heteroatoms. The fraction of sp³-hybridized carbons (Fsp3) is 0.353. The number of hydrogen-bond acceptors (Lipinski definition) is 6. The van der Waals surface area contributed by atoms with E-state index in [0.717, 1.165) is 47.9 Å². The molecule has 2 fully saturated rings. The van der Waals surface area contributed by atoms with Crippen LogP contribution in [0.5, 0.6) is 5.75 Å². The lowest BCUT2D eigenvalue weighted by Gasteiger charge is -2.35. The van der Waals surface area contributed by atoms with Crippen LogP contribution in [0.25, 0.3) is 10.1 Å². The summed E-state index contributed by atoms with van der Waals surface area (Å²) in [6.07, 6.45) is -7.33. The summed E-state index contributed by atoms with van der Waals surface area (Å²) in [5.41, 5.74) is -1.78. The Morgan fingerprint density at radius 3 is 2.29 bits per heavy atom. The number of benzene rings is 3. The van der Waals surface area contributed by atoms with Crippen molar-refractivity contribution in [1.29, 1.82) is 0 Å². The van der Waals surface area contributed by atoms with Gasteiger partial charge in [0.15, 0.2) is 5.79 Å². The monoisotopic (exact) mass is 710 g/mol. The fourth-order valence-corrected chi connectivity index (χ4v) is 7.47. The molecule has 6 rings (SSSR count). The first-order valence-corrected chi connectivity index (χ1v) is 16.0. The zero-order valence-corrected chi connectivity index (χ0v) is 26.6. The molecule has 1 spiro atoms. The number of rotatable bonds is 7. The molecule has 1 aromatic heterocycles. The average Bonchev–Trinajstić information content (AvgIpc) is 3.64. The van der Waals surface area contributed by atoms with Gasteiger partial charge < -0.3 is 24.8 Å². The van der Waals surface area contributed by atoms with E-state index in [1.54, 1.807) is 12.1 Å². The summed E-state index contributed by atoms with van der Waals surface area (Å²) in [5, 5.41) is 5.24. The first-order valence-electron chi connectivity index (χ1n) is 15.2. The molecule has 4 aromatic rings. The largest absolute Gasteiger partial charge is 0.496 e. The summed E-state index contributed by atoms with van der Waals surface area (Å²) in [6, 6.07) is 10.1. The molecule has 2 N–H and O–H groups in total. The molecule has 1 saturated carbocycles. The third-order valence-electron chi connectivity index (χ3n) is 8.71. The molecule has 2 aliphatic rings. The molecule has 7 nitrogen and oxygen atoms in total. The van der Waals surface area contributed by atoms with Gasteiger partial charge in [-0.05, 0) is 66.8 Å². The number of amides is 2. The van der Waals surface area contributed by atoms with Gasteiger partial charge in [0.25, 0.3) is 5.91 Å². The quantitative estimate of drug-likeness (QED) is 0.187. The van der Waals surface area contributed by atoms with E-state index in [-0.39, 0.29) is 43.6 Å². The number of nitrogens with one attached hydrogen (secondary N) is 2. The molecule has 0 radical (unpaired) electrons. The van der Waals surface area contributed by atoms with Crippen LogP contribution >= 0.6 is 11.3 Å². The Balaban J connectivity index is 1.29. The Bertz CT molecular complexity index is 1890. The molecule has 1 aliphatic carbocycles. The molecule has 49 heavy (non-hydrogen) atoms. The first kappa shape index (κ1) is 34.6. The molecular formula is C34H29F7N2O5S. The summed E-state index contributed by atoms with van der Waals surface area (Å²) >= 11 is 0.815. The van der Waals surface area contributed by atoms with Crippen molar-refractivity contribution in [2.75, 3.05) is 31.0 Å². The molecule has 1 saturated heterocycles. The predicted octanol–water partition coefficient (Wildman–Crippen LogP) is 8.92. The van der Waals surface area contributed by atoms with Gasteiger partial charge in [0, 0.05) is 33.5 Å². The van der Waals surface area contributed by atoms with Crippen LogP contribution in [-0.4, -0.2) is 37.9 Å². The van der Waals surface area contributed by atoms with E-state index < -0.39 is 53.3 Å². The Morgan fingerprint density at radius 2 is 1.63 bits per heavy atom. The summed E-state index contributed by atoms with van der Waals surface area (Å²) < 4.78 is 111. The van der Waals surface area contributed by atoms with Crippen molar-refractivity contribution in [2.45, 2.75) is 56.2 Å². The highest BCUT2D eigenvalue weighted by atomic mass is 32.1.